The van der Waals surface area contributed by atoms with E-state index < -0.39 is 25.5 Å². The lowest BCUT2D eigenvalue weighted by Crippen LogP contribution is -2.22. The van der Waals surface area contributed by atoms with Gasteiger partial charge in [-0.3, -0.25) is 14.1 Å². The van der Waals surface area contributed by atoms with Gasteiger partial charge in [0, 0.05) is 26.3 Å². The summed E-state index contributed by atoms with van der Waals surface area (Å²) in [5.41, 5.74) is 1.45. The van der Waals surface area contributed by atoms with Crippen LogP contribution in [0.15, 0.2) is 38.1 Å². The summed E-state index contributed by atoms with van der Waals surface area (Å²) in [5, 5.41) is 3.68. The van der Waals surface area contributed by atoms with Crippen molar-refractivity contribution >= 4 is 35.0 Å². The van der Waals surface area contributed by atoms with Crippen molar-refractivity contribution < 1.29 is 22.8 Å². The Bertz CT molecular complexity index is 1410. The minimum absolute atomic E-state index is 0.0271. The molecule has 4 aromatic rings. The first-order chi connectivity index (χ1) is 16.0. The van der Waals surface area contributed by atoms with Crippen molar-refractivity contribution in [2.24, 2.45) is 0 Å². The molecular formula is C22H23BrF2N4O4Si. The number of benzene rings is 2. The van der Waals surface area contributed by atoms with E-state index in [4.69, 9.17) is 9.47 Å². The predicted molar refractivity (Wildman–Crippen MR) is 129 cm³/mol. The molecule has 0 aliphatic rings. The van der Waals surface area contributed by atoms with E-state index in [-0.39, 0.29) is 34.1 Å². The topological polar surface area (TPSA) is 95.2 Å². The molecule has 12 heteroatoms. The molecule has 180 valence electrons. The summed E-state index contributed by atoms with van der Waals surface area (Å²) in [6.45, 7) is 8.98. The molecule has 0 saturated heterocycles. The molecule has 0 saturated carbocycles. The minimum atomic E-state index is -1.33. The highest BCUT2D eigenvalue weighted by Gasteiger charge is 2.22. The number of nitrogens with zero attached hydrogens (tertiary/aromatic N) is 3. The van der Waals surface area contributed by atoms with Crippen molar-refractivity contribution in [3.63, 3.8) is 0 Å². The highest BCUT2D eigenvalue weighted by atomic mass is 79.9. The third kappa shape index (κ3) is 5.13. The Labute approximate surface area is 203 Å². The van der Waals surface area contributed by atoms with Gasteiger partial charge in [0.25, 0.3) is 0 Å². The maximum absolute atomic E-state index is 15.0. The van der Waals surface area contributed by atoms with Gasteiger partial charge in [0.05, 0.1) is 9.99 Å². The Morgan fingerprint density at radius 3 is 2.68 bits per heavy atom. The predicted octanol–water partition coefficient (Wildman–Crippen LogP) is 5.83. The van der Waals surface area contributed by atoms with E-state index >= 15 is 4.39 Å². The van der Waals surface area contributed by atoms with Crippen LogP contribution in [0.25, 0.3) is 22.4 Å². The lowest BCUT2D eigenvalue weighted by atomic mass is 10.1. The van der Waals surface area contributed by atoms with Crippen LogP contribution in [0.1, 0.15) is 5.56 Å². The van der Waals surface area contributed by atoms with E-state index in [1.807, 2.05) is 6.92 Å². The van der Waals surface area contributed by atoms with Crippen molar-refractivity contribution in [3.8, 4) is 23.1 Å². The van der Waals surface area contributed by atoms with Gasteiger partial charge in [0.2, 0.25) is 0 Å². The summed E-state index contributed by atoms with van der Waals surface area (Å²) in [6, 6.07) is 7.25. The van der Waals surface area contributed by atoms with Gasteiger partial charge in [-0.05, 0) is 40.5 Å². The number of halogens is 3. The molecule has 2 aromatic heterocycles. The van der Waals surface area contributed by atoms with Crippen LogP contribution >= 0.6 is 15.9 Å². The Hall–Kier alpha value is -2.83. The molecule has 0 fully saturated rings. The Morgan fingerprint density at radius 1 is 1.24 bits per heavy atom. The van der Waals surface area contributed by atoms with Crippen LogP contribution < -0.4 is 10.5 Å². The second-order valence-electron chi connectivity index (χ2n) is 9.05. The second-order valence-corrected chi connectivity index (χ2v) is 15.5. The van der Waals surface area contributed by atoms with E-state index in [2.05, 4.69) is 55.2 Å². The van der Waals surface area contributed by atoms with E-state index in [9.17, 15) is 9.18 Å². The average Bonchev–Trinajstić information content (AvgIpc) is 3.34. The van der Waals surface area contributed by atoms with Crippen LogP contribution in [0.2, 0.25) is 25.7 Å². The highest BCUT2D eigenvalue weighted by Crippen LogP contribution is 2.34. The van der Waals surface area contributed by atoms with E-state index in [1.54, 1.807) is 18.2 Å². The quantitative estimate of drug-likeness (QED) is 0.168. The molecule has 0 aliphatic carbocycles. The molecule has 8 nitrogen and oxygen atoms in total. The fraction of sp³-hybridized carbons (Fsp3) is 0.318. The van der Waals surface area contributed by atoms with Gasteiger partial charge in [-0.1, -0.05) is 36.9 Å². The molecule has 0 bridgehead atoms. The average molecular weight is 553 g/mol. The molecule has 2 aromatic carbocycles. The smallest absolute Gasteiger partial charge is 0.425 e. The number of aryl methyl sites for hydroxylation is 1. The minimum Gasteiger partial charge on any atom is -0.425 e. The summed E-state index contributed by atoms with van der Waals surface area (Å²) >= 11 is 2.96. The van der Waals surface area contributed by atoms with Crippen LogP contribution in [-0.2, 0) is 11.5 Å². The Kier molecular flexibility index (Phi) is 6.74. The van der Waals surface area contributed by atoms with Crippen LogP contribution in [0, 0.1) is 18.6 Å². The standard InChI is InChI=1S/C22H23BrF2N4O4Si/c1-12-5-6-13(20-27-22(30)33-28-20)9-16(12)32-21-26-15-10-14(24)17(23)18(25)19(15)29(21)11-31-7-8-34(2,3)4/h5-6,9-10H,7-8,11H2,1-4H3,(H,27,28,30). The van der Waals surface area contributed by atoms with Crippen molar-refractivity contribution in [3.05, 3.63) is 56.5 Å². The number of hydrogen-bond acceptors (Lipinski definition) is 6. The van der Waals surface area contributed by atoms with Crippen molar-refractivity contribution in [1.82, 2.24) is 19.7 Å². The molecule has 0 aliphatic heterocycles. The molecule has 0 spiro atoms. The number of imidazole rings is 1. The molecule has 4 rings (SSSR count). The molecule has 2 heterocycles. The van der Waals surface area contributed by atoms with Gasteiger partial charge in [-0.15, -0.1) is 0 Å². The summed E-state index contributed by atoms with van der Waals surface area (Å²) in [7, 11) is -1.33. The summed E-state index contributed by atoms with van der Waals surface area (Å²) in [5.74, 6) is -1.63. The van der Waals surface area contributed by atoms with Crippen LogP contribution in [0.3, 0.4) is 0 Å². The summed E-state index contributed by atoms with van der Waals surface area (Å²) < 4.78 is 46.8. The zero-order valence-electron chi connectivity index (χ0n) is 19.0. The van der Waals surface area contributed by atoms with Gasteiger partial charge in [0.1, 0.15) is 23.8 Å². The SMILES string of the molecule is Cc1ccc(-c2noc(=O)[nH]2)cc1Oc1nc2cc(F)c(Br)c(F)c2n1COCC[Si](C)(C)C. The molecular weight excluding hydrogens is 530 g/mol. The number of H-pyrrole nitrogens is 1. The van der Waals surface area contributed by atoms with Gasteiger partial charge < -0.3 is 9.47 Å². The fourth-order valence-electron chi connectivity index (χ4n) is 3.22. The van der Waals surface area contributed by atoms with Gasteiger partial charge in [-0.25, -0.2) is 13.6 Å². The van der Waals surface area contributed by atoms with Crippen molar-refractivity contribution in [1.29, 1.82) is 0 Å². The maximum atomic E-state index is 15.0. The van der Waals surface area contributed by atoms with Crippen LogP contribution in [0.4, 0.5) is 8.78 Å². The number of ether oxygens (including phenoxy) is 2. The highest BCUT2D eigenvalue weighted by molar-refractivity contribution is 9.10. The van der Waals surface area contributed by atoms with E-state index in [0.29, 0.717) is 17.9 Å². The van der Waals surface area contributed by atoms with Gasteiger partial charge >= 0.3 is 11.8 Å². The monoisotopic (exact) mass is 552 g/mol. The third-order valence-corrected chi connectivity index (χ3v) is 7.58. The zero-order chi connectivity index (χ0) is 24.6. The lowest BCUT2D eigenvalue weighted by molar-refractivity contribution is 0.0846. The van der Waals surface area contributed by atoms with Crippen LogP contribution in [-0.4, -0.2) is 34.4 Å². The molecule has 0 atom stereocenters. The molecule has 0 amide bonds. The first kappa shape index (κ1) is 24.3. The first-order valence-electron chi connectivity index (χ1n) is 10.5. The largest absolute Gasteiger partial charge is 0.439 e. The normalized spacial score (nSPS) is 12.0. The van der Waals surface area contributed by atoms with Crippen molar-refractivity contribution in [2.45, 2.75) is 39.3 Å². The number of aromatic nitrogens is 4. The summed E-state index contributed by atoms with van der Waals surface area (Å²) in [6.07, 6.45) is 0. The molecule has 0 radical (unpaired) electrons. The Balaban J connectivity index is 1.73. The zero-order valence-corrected chi connectivity index (χ0v) is 21.6. The molecule has 0 unspecified atom stereocenters. The van der Waals surface area contributed by atoms with Crippen molar-refractivity contribution in [2.75, 3.05) is 6.61 Å². The fourth-order valence-corrected chi connectivity index (χ4v) is 4.27. The van der Waals surface area contributed by atoms with Gasteiger partial charge in [0.15, 0.2) is 11.6 Å². The number of fused-ring (bicyclic) bond motifs is 1. The Morgan fingerprint density at radius 2 is 2.00 bits per heavy atom. The number of rotatable bonds is 8. The molecule has 34 heavy (non-hydrogen) atoms. The second kappa shape index (κ2) is 9.43. The van der Waals surface area contributed by atoms with Crippen LogP contribution in [0.5, 0.6) is 11.8 Å². The van der Waals surface area contributed by atoms with E-state index in [0.717, 1.165) is 17.7 Å². The number of nitrogens with one attached hydrogen (secondary N) is 1. The first-order valence-corrected chi connectivity index (χ1v) is 15.0. The molecule has 1 N–H and O–H groups in total. The lowest BCUT2D eigenvalue weighted by Gasteiger charge is -2.17. The third-order valence-electron chi connectivity index (χ3n) is 5.15. The van der Waals surface area contributed by atoms with E-state index in [1.165, 1.54) is 4.57 Å². The summed E-state index contributed by atoms with van der Waals surface area (Å²) in [4.78, 5) is 18.1. The van der Waals surface area contributed by atoms with Gasteiger partial charge in [-0.2, -0.15) is 4.98 Å². The number of hydrogen-bond donors (Lipinski definition) is 1. The maximum Gasteiger partial charge on any atom is 0.439 e. The number of aromatic amines is 1.